The monoisotopic (exact) mass is 493 g/mol. The van der Waals surface area contributed by atoms with Crippen LogP contribution in [-0.4, -0.2) is 51.5 Å². The number of nitrogens with one attached hydrogen (secondary N) is 1. The Bertz CT molecular complexity index is 1440. The molecule has 0 unspecified atom stereocenters. The highest BCUT2D eigenvalue weighted by Crippen LogP contribution is 2.33. The fourth-order valence-corrected chi connectivity index (χ4v) is 4.91. The molecule has 1 fully saturated rings. The number of benzene rings is 3. The molecule has 0 atom stereocenters. The van der Waals surface area contributed by atoms with Gasteiger partial charge >= 0.3 is 6.09 Å². The smallest absolute Gasteiger partial charge is 0.414 e. The molecule has 0 aromatic heterocycles. The van der Waals surface area contributed by atoms with E-state index in [1.165, 1.54) is 12.1 Å². The lowest BCUT2D eigenvalue weighted by Crippen LogP contribution is -2.37. The van der Waals surface area contributed by atoms with Crippen LogP contribution in [0.3, 0.4) is 0 Å². The van der Waals surface area contributed by atoms with E-state index in [2.05, 4.69) is 4.72 Å². The Morgan fingerprint density at radius 3 is 2.29 bits per heavy atom. The number of sulfonamides is 1. The van der Waals surface area contributed by atoms with Gasteiger partial charge in [-0.15, -0.1) is 0 Å². The number of hydrogen-bond acceptors (Lipinski definition) is 6. The molecule has 180 valence electrons. The van der Waals surface area contributed by atoms with E-state index in [0.29, 0.717) is 37.4 Å². The topological polar surface area (TPSA) is 116 Å². The first-order valence-corrected chi connectivity index (χ1v) is 12.9. The summed E-state index contributed by atoms with van der Waals surface area (Å²) in [6.45, 7) is 1.33. The molecule has 2 heterocycles. The highest BCUT2D eigenvalue weighted by atomic mass is 32.2. The SMILES string of the molecule is CS(=O)(=O)Nc1cc(N2CCc3cc(-c4ccc(N5CCOC5=O)cc4)ccc3C2=O)ccc1O. The molecule has 0 aliphatic carbocycles. The quantitative estimate of drug-likeness (QED) is 0.525. The van der Waals surface area contributed by atoms with E-state index in [1.54, 1.807) is 21.9 Å². The summed E-state index contributed by atoms with van der Waals surface area (Å²) in [6.07, 6.45) is 1.26. The molecule has 5 rings (SSSR count). The summed E-state index contributed by atoms with van der Waals surface area (Å²) < 4.78 is 30.4. The fourth-order valence-electron chi connectivity index (χ4n) is 4.35. The first-order valence-electron chi connectivity index (χ1n) is 11.0. The third-order valence-corrected chi connectivity index (χ3v) is 6.64. The van der Waals surface area contributed by atoms with Crippen molar-refractivity contribution in [2.45, 2.75) is 6.42 Å². The second-order valence-electron chi connectivity index (χ2n) is 8.47. The molecule has 35 heavy (non-hydrogen) atoms. The average molecular weight is 494 g/mol. The number of amides is 2. The summed E-state index contributed by atoms with van der Waals surface area (Å²) in [4.78, 5) is 28.2. The Hall–Kier alpha value is -4.05. The van der Waals surface area contributed by atoms with Crippen LogP contribution in [0.25, 0.3) is 11.1 Å². The number of cyclic esters (lactones) is 1. The standard InChI is InChI=1S/C25H23N3O6S/c1-35(32,33)26-22-15-20(7-9-23(22)29)27-11-10-18-14-17(4-8-21(18)24(27)30)16-2-5-19(6-3-16)28-12-13-34-25(28)31/h2-9,14-15,26,29H,10-13H2,1H3. The third kappa shape index (κ3) is 4.52. The first-order chi connectivity index (χ1) is 16.7. The number of rotatable bonds is 5. The minimum atomic E-state index is -3.59. The van der Waals surface area contributed by atoms with Crippen LogP contribution in [-0.2, 0) is 21.2 Å². The van der Waals surface area contributed by atoms with Crippen molar-refractivity contribution in [3.05, 3.63) is 71.8 Å². The number of aromatic hydroxyl groups is 1. The van der Waals surface area contributed by atoms with Gasteiger partial charge in [-0.25, -0.2) is 13.2 Å². The van der Waals surface area contributed by atoms with Crippen LogP contribution in [0.4, 0.5) is 21.9 Å². The lowest BCUT2D eigenvalue weighted by molar-refractivity contribution is 0.0980. The summed E-state index contributed by atoms with van der Waals surface area (Å²) in [7, 11) is -3.59. The normalized spacial score (nSPS) is 15.7. The van der Waals surface area contributed by atoms with Gasteiger partial charge in [0.25, 0.3) is 5.91 Å². The maximum absolute atomic E-state index is 13.2. The molecule has 2 aliphatic rings. The van der Waals surface area contributed by atoms with E-state index in [1.807, 2.05) is 36.4 Å². The molecule has 0 bridgehead atoms. The zero-order chi connectivity index (χ0) is 24.7. The van der Waals surface area contributed by atoms with Crippen molar-refractivity contribution in [3.63, 3.8) is 0 Å². The van der Waals surface area contributed by atoms with Gasteiger partial charge in [-0.05, 0) is 59.5 Å². The lowest BCUT2D eigenvalue weighted by Gasteiger charge is -2.29. The molecule has 3 aromatic rings. The van der Waals surface area contributed by atoms with Gasteiger partial charge in [0, 0.05) is 23.5 Å². The van der Waals surface area contributed by atoms with Gasteiger partial charge in [0.1, 0.15) is 12.4 Å². The molecule has 9 nitrogen and oxygen atoms in total. The van der Waals surface area contributed by atoms with Crippen molar-refractivity contribution in [2.75, 3.05) is 40.5 Å². The van der Waals surface area contributed by atoms with Crippen molar-refractivity contribution in [1.82, 2.24) is 0 Å². The summed E-state index contributed by atoms with van der Waals surface area (Å²) in [5.74, 6) is -0.419. The number of carbonyl (C=O) groups is 2. The summed E-state index contributed by atoms with van der Waals surface area (Å²) in [5.41, 5.74) is 4.71. The Morgan fingerprint density at radius 2 is 1.60 bits per heavy atom. The van der Waals surface area contributed by atoms with Crippen molar-refractivity contribution in [3.8, 4) is 16.9 Å². The van der Waals surface area contributed by atoms with Crippen LogP contribution in [0.5, 0.6) is 5.75 Å². The molecule has 3 aromatic carbocycles. The van der Waals surface area contributed by atoms with Crippen LogP contribution in [0.2, 0.25) is 0 Å². The van der Waals surface area contributed by atoms with Gasteiger partial charge in [-0.1, -0.05) is 24.3 Å². The molecule has 2 amide bonds. The highest BCUT2D eigenvalue weighted by molar-refractivity contribution is 7.92. The molecule has 2 aliphatic heterocycles. The van der Waals surface area contributed by atoms with Gasteiger partial charge in [0.2, 0.25) is 10.0 Å². The number of phenols is 1. The molecule has 0 radical (unpaired) electrons. The Labute approximate surface area is 202 Å². The lowest BCUT2D eigenvalue weighted by atomic mass is 9.93. The van der Waals surface area contributed by atoms with Crippen molar-refractivity contribution in [2.24, 2.45) is 0 Å². The molecular formula is C25H23N3O6S. The van der Waals surface area contributed by atoms with Crippen molar-refractivity contribution in [1.29, 1.82) is 0 Å². The largest absolute Gasteiger partial charge is 0.506 e. The number of phenolic OH excluding ortho intramolecular Hbond substituents is 1. The van der Waals surface area contributed by atoms with E-state index in [0.717, 1.165) is 28.6 Å². The Morgan fingerprint density at radius 1 is 0.886 bits per heavy atom. The third-order valence-electron chi connectivity index (χ3n) is 6.05. The first kappa shape index (κ1) is 22.7. The minimum absolute atomic E-state index is 0.0181. The van der Waals surface area contributed by atoms with Gasteiger partial charge in [0.15, 0.2) is 0 Å². The number of nitrogens with zero attached hydrogens (tertiary/aromatic N) is 2. The van der Waals surface area contributed by atoms with Gasteiger partial charge in [0.05, 0.1) is 18.5 Å². The Balaban J connectivity index is 1.38. The van der Waals surface area contributed by atoms with Gasteiger partial charge < -0.3 is 14.7 Å². The van der Waals surface area contributed by atoms with Crippen molar-refractivity contribution >= 4 is 39.1 Å². The van der Waals surface area contributed by atoms with Crippen LogP contribution < -0.4 is 14.5 Å². The Kier molecular flexibility index (Phi) is 5.60. The molecular weight excluding hydrogens is 470 g/mol. The molecule has 0 spiro atoms. The van der Waals surface area contributed by atoms with E-state index in [4.69, 9.17) is 4.74 Å². The molecule has 1 saturated heterocycles. The van der Waals surface area contributed by atoms with Crippen molar-refractivity contribution < 1.29 is 27.9 Å². The predicted octanol–water partition coefficient (Wildman–Crippen LogP) is 3.59. The zero-order valence-corrected chi connectivity index (χ0v) is 19.7. The predicted molar refractivity (Wildman–Crippen MR) is 133 cm³/mol. The number of fused-ring (bicyclic) bond motifs is 1. The minimum Gasteiger partial charge on any atom is -0.506 e. The fraction of sp³-hybridized carbons (Fsp3) is 0.200. The average Bonchev–Trinajstić information content (AvgIpc) is 3.26. The number of anilines is 3. The molecule has 10 heteroatoms. The highest BCUT2D eigenvalue weighted by Gasteiger charge is 2.27. The molecule has 2 N–H and O–H groups in total. The molecule has 0 saturated carbocycles. The second kappa shape index (κ2) is 8.62. The van der Waals surface area contributed by atoms with Crippen LogP contribution in [0.15, 0.2) is 60.7 Å². The maximum Gasteiger partial charge on any atom is 0.414 e. The van der Waals surface area contributed by atoms with Crippen LogP contribution in [0, 0.1) is 0 Å². The summed E-state index contributed by atoms with van der Waals surface area (Å²) in [6, 6.07) is 17.7. The van der Waals surface area contributed by atoms with E-state index >= 15 is 0 Å². The van der Waals surface area contributed by atoms with Crippen LogP contribution >= 0.6 is 0 Å². The summed E-state index contributed by atoms with van der Waals surface area (Å²) in [5, 5.41) is 9.99. The second-order valence-corrected chi connectivity index (χ2v) is 10.2. The van der Waals surface area contributed by atoms with Crippen LogP contribution in [0.1, 0.15) is 15.9 Å². The number of ether oxygens (including phenoxy) is 1. The number of carbonyl (C=O) groups excluding carboxylic acids is 2. The van der Waals surface area contributed by atoms with E-state index in [9.17, 15) is 23.1 Å². The van der Waals surface area contributed by atoms with Gasteiger partial charge in [-0.3, -0.25) is 14.4 Å². The van der Waals surface area contributed by atoms with Gasteiger partial charge in [-0.2, -0.15) is 0 Å². The van der Waals surface area contributed by atoms with E-state index in [-0.39, 0.29) is 23.4 Å². The van der Waals surface area contributed by atoms with E-state index < -0.39 is 10.0 Å². The maximum atomic E-state index is 13.2. The number of hydrogen-bond donors (Lipinski definition) is 2. The summed E-state index contributed by atoms with van der Waals surface area (Å²) >= 11 is 0. The zero-order valence-electron chi connectivity index (χ0n) is 18.9.